The average molecular weight is 242 g/mol. The second kappa shape index (κ2) is 6.77. The van der Waals surface area contributed by atoms with E-state index in [1.807, 2.05) is 0 Å². The summed E-state index contributed by atoms with van der Waals surface area (Å²) in [5, 5.41) is 0. The van der Waals surface area contributed by atoms with Gasteiger partial charge in [0.2, 0.25) is 0 Å². The van der Waals surface area contributed by atoms with Crippen LogP contribution in [0.5, 0.6) is 0 Å². The molecule has 1 saturated heterocycles. The lowest BCUT2D eigenvalue weighted by molar-refractivity contribution is -0.186. The van der Waals surface area contributed by atoms with Crippen molar-refractivity contribution in [2.45, 2.75) is 32.8 Å². The fraction of sp³-hybridized carbons (Fsp3) is 0.769. The quantitative estimate of drug-likeness (QED) is 0.371. The maximum absolute atomic E-state index is 10.7. The molecule has 1 rings (SSSR count). The monoisotopic (exact) mass is 242 g/mol. The van der Waals surface area contributed by atoms with Crippen LogP contribution < -0.4 is 0 Å². The van der Waals surface area contributed by atoms with Crippen LogP contribution in [0.25, 0.3) is 0 Å². The molecule has 0 aromatic rings. The molecule has 4 heteroatoms. The summed E-state index contributed by atoms with van der Waals surface area (Å²) >= 11 is 0. The van der Waals surface area contributed by atoms with Crippen LogP contribution in [-0.4, -0.2) is 38.5 Å². The summed E-state index contributed by atoms with van der Waals surface area (Å²) in [5.41, 5.74) is 0.318. The Morgan fingerprint density at radius 2 is 2.29 bits per heavy atom. The summed E-state index contributed by atoms with van der Waals surface area (Å²) in [6.45, 7) is 9.94. The molecular weight excluding hydrogens is 220 g/mol. The van der Waals surface area contributed by atoms with Crippen LogP contribution in [0.1, 0.15) is 26.7 Å². The van der Waals surface area contributed by atoms with Gasteiger partial charge in [0.25, 0.3) is 0 Å². The Kier molecular flexibility index (Phi) is 5.65. The molecule has 0 saturated carbocycles. The first-order valence-electron chi connectivity index (χ1n) is 6.11. The van der Waals surface area contributed by atoms with Gasteiger partial charge in [0, 0.05) is 18.1 Å². The number of ether oxygens (including phenoxy) is 3. The summed E-state index contributed by atoms with van der Waals surface area (Å²) in [6, 6.07) is 0. The minimum absolute atomic E-state index is 0.279. The van der Waals surface area contributed by atoms with Crippen LogP contribution in [0, 0.1) is 5.41 Å². The third kappa shape index (κ3) is 4.13. The van der Waals surface area contributed by atoms with Crippen LogP contribution in [-0.2, 0) is 19.0 Å². The van der Waals surface area contributed by atoms with Crippen molar-refractivity contribution in [1.29, 1.82) is 0 Å². The van der Waals surface area contributed by atoms with Crippen LogP contribution in [0.3, 0.4) is 0 Å². The number of hydrogen-bond acceptors (Lipinski definition) is 4. The van der Waals surface area contributed by atoms with Gasteiger partial charge in [0.1, 0.15) is 6.61 Å². The Labute approximate surface area is 103 Å². The van der Waals surface area contributed by atoms with Gasteiger partial charge >= 0.3 is 5.97 Å². The Bertz CT molecular complexity index is 260. The molecule has 98 valence electrons. The van der Waals surface area contributed by atoms with Crippen molar-refractivity contribution in [1.82, 2.24) is 0 Å². The maximum atomic E-state index is 10.7. The summed E-state index contributed by atoms with van der Waals surface area (Å²) in [6.07, 6.45) is 3.49. The highest BCUT2D eigenvalue weighted by molar-refractivity contribution is 5.81. The zero-order valence-corrected chi connectivity index (χ0v) is 10.7. The number of esters is 1. The smallest absolute Gasteiger partial charge is 0.330 e. The minimum atomic E-state index is -0.408. The van der Waals surface area contributed by atoms with E-state index in [0.29, 0.717) is 24.7 Å². The molecule has 0 amide bonds. The molecule has 1 heterocycles. The zero-order chi connectivity index (χ0) is 12.7. The predicted octanol–water partition coefficient (Wildman–Crippen LogP) is 1.94. The summed E-state index contributed by atoms with van der Waals surface area (Å²) < 4.78 is 15.7. The first kappa shape index (κ1) is 14.2. The molecule has 0 spiro atoms. The number of carbonyl (C=O) groups excluding carboxylic acids is 1. The third-order valence-electron chi connectivity index (χ3n) is 3.36. The summed E-state index contributed by atoms with van der Waals surface area (Å²) in [4.78, 5) is 10.7. The fourth-order valence-electron chi connectivity index (χ4n) is 1.80. The lowest BCUT2D eigenvalue weighted by Crippen LogP contribution is -2.49. The lowest BCUT2D eigenvalue weighted by Gasteiger charge is -2.46. The number of carbonyl (C=O) groups is 1. The van der Waals surface area contributed by atoms with Crippen LogP contribution in [0.15, 0.2) is 12.7 Å². The van der Waals surface area contributed by atoms with Gasteiger partial charge in [-0.3, -0.25) is 0 Å². The van der Waals surface area contributed by atoms with E-state index in [1.165, 1.54) is 0 Å². The summed E-state index contributed by atoms with van der Waals surface area (Å²) in [7, 11) is 0. The highest BCUT2D eigenvalue weighted by Crippen LogP contribution is 2.39. The Balaban J connectivity index is 1.98. The van der Waals surface area contributed by atoms with Crippen LogP contribution in [0.2, 0.25) is 0 Å². The normalized spacial score (nSPS) is 27.3. The molecule has 0 N–H and O–H groups in total. The minimum Gasteiger partial charge on any atom is -0.460 e. The molecule has 1 aliphatic rings. The van der Waals surface area contributed by atoms with Crippen molar-refractivity contribution in [2.24, 2.45) is 5.41 Å². The van der Waals surface area contributed by atoms with Gasteiger partial charge in [-0.1, -0.05) is 20.4 Å². The molecule has 0 bridgehead atoms. The zero-order valence-electron chi connectivity index (χ0n) is 10.7. The number of hydrogen-bond donors (Lipinski definition) is 0. The Morgan fingerprint density at radius 3 is 2.82 bits per heavy atom. The molecule has 2 atom stereocenters. The summed E-state index contributed by atoms with van der Waals surface area (Å²) in [5.74, 6) is -0.408. The van der Waals surface area contributed by atoms with E-state index < -0.39 is 5.97 Å². The van der Waals surface area contributed by atoms with Gasteiger partial charge in [-0.2, -0.15) is 0 Å². The average Bonchev–Trinajstić information content (AvgIpc) is 2.34. The number of rotatable bonds is 8. The highest BCUT2D eigenvalue weighted by Gasteiger charge is 2.42. The second-order valence-corrected chi connectivity index (χ2v) is 4.58. The van der Waals surface area contributed by atoms with Gasteiger partial charge in [-0.25, -0.2) is 4.79 Å². The standard InChI is InChI=1S/C13H22O4/c1-4-12(14)16-9-8-15-7-6-11-13(3,5-2)10-17-11/h4,11H,1,5-10H2,2-3H3. The second-order valence-electron chi connectivity index (χ2n) is 4.58. The van der Waals surface area contributed by atoms with Crippen molar-refractivity contribution in [3.05, 3.63) is 12.7 Å². The Hall–Kier alpha value is -0.870. The highest BCUT2D eigenvalue weighted by atomic mass is 16.6. The van der Waals surface area contributed by atoms with Gasteiger partial charge in [0.15, 0.2) is 0 Å². The lowest BCUT2D eigenvalue weighted by atomic mass is 9.76. The predicted molar refractivity (Wildman–Crippen MR) is 64.7 cm³/mol. The van der Waals surface area contributed by atoms with Crippen molar-refractivity contribution >= 4 is 5.97 Å². The molecular formula is C13H22O4. The van der Waals surface area contributed by atoms with Crippen molar-refractivity contribution < 1.29 is 19.0 Å². The van der Waals surface area contributed by atoms with E-state index >= 15 is 0 Å². The SMILES string of the molecule is C=CC(=O)OCCOCCC1OCC1(C)CC. The molecule has 17 heavy (non-hydrogen) atoms. The van der Waals surface area contributed by atoms with Crippen molar-refractivity contribution in [3.8, 4) is 0 Å². The molecule has 2 unspecified atom stereocenters. The van der Waals surface area contributed by atoms with Gasteiger partial charge in [-0.15, -0.1) is 0 Å². The van der Waals surface area contributed by atoms with E-state index in [9.17, 15) is 4.79 Å². The van der Waals surface area contributed by atoms with E-state index in [0.717, 1.165) is 25.5 Å². The van der Waals surface area contributed by atoms with Crippen LogP contribution in [0.4, 0.5) is 0 Å². The van der Waals surface area contributed by atoms with E-state index in [4.69, 9.17) is 14.2 Å². The van der Waals surface area contributed by atoms with Crippen LogP contribution >= 0.6 is 0 Å². The molecule has 0 radical (unpaired) electrons. The first-order chi connectivity index (χ1) is 8.12. The maximum Gasteiger partial charge on any atom is 0.330 e. The topological polar surface area (TPSA) is 44.8 Å². The van der Waals surface area contributed by atoms with E-state index in [2.05, 4.69) is 20.4 Å². The molecule has 4 nitrogen and oxygen atoms in total. The van der Waals surface area contributed by atoms with Gasteiger partial charge in [0.05, 0.1) is 19.3 Å². The fourth-order valence-corrected chi connectivity index (χ4v) is 1.80. The molecule has 1 fully saturated rings. The third-order valence-corrected chi connectivity index (χ3v) is 3.36. The van der Waals surface area contributed by atoms with Gasteiger partial charge in [-0.05, 0) is 12.8 Å². The largest absolute Gasteiger partial charge is 0.460 e. The van der Waals surface area contributed by atoms with Gasteiger partial charge < -0.3 is 14.2 Å². The van der Waals surface area contributed by atoms with Crippen molar-refractivity contribution in [2.75, 3.05) is 26.4 Å². The first-order valence-corrected chi connectivity index (χ1v) is 6.11. The molecule has 1 aliphatic heterocycles. The van der Waals surface area contributed by atoms with E-state index in [-0.39, 0.29) is 6.61 Å². The molecule has 0 aliphatic carbocycles. The van der Waals surface area contributed by atoms with E-state index in [1.54, 1.807) is 0 Å². The molecule has 0 aromatic heterocycles. The van der Waals surface area contributed by atoms with Crippen molar-refractivity contribution in [3.63, 3.8) is 0 Å². The Morgan fingerprint density at radius 1 is 1.53 bits per heavy atom. The molecule has 0 aromatic carbocycles.